The van der Waals surface area contributed by atoms with Gasteiger partial charge in [0, 0.05) is 16.1 Å². The van der Waals surface area contributed by atoms with Crippen molar-refractivity contribution in [3.63, 3.8) is 0 Å². The topological polar surface area (TPSA) is 29.1 Å². The van der Waals surface area contributed by atoms with Crippen LogP contribution in [-0.2, 0) is 0 Å². The molecule has 0 bridgehead atoms. The molecule has 1 N–H and O–H groups in total. The maximum Gasteiger partial charge on any atom is 0.255 e. The number of amides is 1. The number of carbonyl (C=O) groups excluding carboxylic acids is 1. The minimum absolute atomic E-state index is 0.0927. The van der Waals surface area contributed by atoms with E-state index in [1.807, 2.05) is 42.5 Å². The molecule has 1 amide bonds. The van der Waals surface area contributed by atoms with Crippen LogP contribution in [0.15, 0.2) is 59.5 Å². The Hall–Kier alpha value is -1.26. The second-order valence-corrected chi connectivity index (χ2v) is 5.02. The Morgan fingerprint density at radius 2 is 1.65 bits per heavy atom. The molecule has 0 heterocycles. The largest absolute Gasteiger partial charge is 0.322 e. The number of nitrogens with one attached hydrogen (secondary N) is 1. The fraction of sp³-hybridized carbons (Fsp3) is 0. The van der Waals surface area contributed by atoms with Crippen LogP contribution in [0.1, 0.15) is 10.4 Å². The summed E-state index contributed by atoms with van der Waals surface area (Å²) in [5.41, 5.74) is 1.45. The summed E-state index contributed by atoms with van der Waals surface area (Å²) >= 11 is 3.30. The lowest BCUT2D eigenvalue weighted by molar-refractivity contribution is 0.102. The molecule has 0 aliphatic rings. The minimum atomic E-state index is -0.0927. The standard InChI is InChI=1S/C13H10BrNOS/c14-17-12-8-6-11(7-9-12)15-13(16)10-4-2-1-3-5-10/h1-9H,(H,15,16). The Morgan fingerprint density at radius 1 is 1.00 bits per heavy atom. The first kappa shape index (κ1) is 12.2. The Balaban J connectivity index is 2.08. The van der Waals surface area contributed by atoms with Crippen molar-refractivity contribution in [2.24, 2.45) is 0 Å². The van der Waals surface area contributed by atoms with E-state index in [1.54, 1.807) is 12.1 Å². The highest BCUT2D eigenvalue weighted by molar-refractivity contribution is 9.50. The number of hydrogen-bond donors (Lipinski definition) is 1. The van der Waals surface area contributed by atoms with E-state index in [-0.39, 0.29) is 5.91 Å². The Bertz CT molecular complexity index is 499. The monoisotopic (exact) mass is 307 g/mol. The van der Waals surface area contributed by atoms with Gasteiger partial charge in [-0.3, -0.25) is 4.79 Å². The van der Waals surface area contributed by atoms with E-state index in [1.165, 1.54) is 10.2 Å². The first-order chi connectivity index (χ1) is 8.29. The lowest BCUT2D eigenvalue weighted by Gasteiger charge is -2.05. The SMILES string of the molecule is O=C(Nc1ccc(SBr)cc1)c1ccccc1. The van der Waals surface area contributed by atoms with Gasteiger partial charge < -0.3 is 5.32 Å². The highest BCUT2D eigenvalue weighted by atomic mass is 79.9. The molecule has 4 heteroatoms. The van der Waals surface area contributed by atoms with Crippen LogP contribution in [0, 0.1) is 0 Å². The van der Waals surface area contributed by atoms with Crippen LogP contribution < -0.4 is 5.32 Å². The summed E-state index contributed by atoms with van der Waals surface area (Å²) in [7, 11) is 1.49. The lowest BCUT2D eigenvalue weighted by Crippen LogP contribution is -2.11. The molecule has 2 rings (SSSR count). The summed E-state index contributed by atoms with van der Waals surface area (Å²) in [6.45, 7) is 0. The van der Waals surface area contributed by atoms with E-state index in [9.17, 15) is 4.79 Å². The average molecular weight is 308 g/mol. The Labute approximate surface area is 112 Å². The molecule has 2 aromatic carbocycles. The van der Waals surface area contributed by atoms with Crippen molar-refractivity contribution < 1.29 is 4.79 Å². The molecule has 17 heavy (non-hydrogen) atoms. The molecule has 2 nitrogen and oxygen atoms in total. The number of hydrogen-bond acceptors (Lipinski definition) is 2. The fourth-order valence-corrected chi connectivity index (χ4v) is 2.27. The molecule has 0 spiro atoms. The van der Waals surface area contributed by atoms with Gasteiger partial charge in [-0.1, -0.05) is 18.2 Å². The predicted octanol–water partition coefficient (Wildman–Crippen LogP) is 4.34. The van der Waals surface area contributed by atoms with Gasteiger partial charge in [0.1, 0.15) is 0 Å². The maximum absolute atomic E-state index is 11.8. The first-order valence-corrected chi connectivity index (χ1v) is 7.70. The summed E-state index contributed by atoms with van der Waals surface area (Å²) in [6, 6.07) is 16.8. The molecule has 0 aromatic heterocycles. The summed E-state index contributed by atoms with van der Waals surface area (Å²) in [5, 5.41) is 2.85. The zero-order valence-electron chi connectivity index (χ0n) is 8.89. The van der Waals surface area contributed by atoms with Gasteiger partial charge in [0.2, 0.25) is 0 Å². The van der Waals surface area contributed by atoms with Gasteiger partial charge in [0.25, 0.3) is 5.91 Å². The molecule has 0 aliphatic heterocycles. The summed E-state index contributed by atoms with van der Waals surface area (Å²) in [4.78, 5) is 12.9. The fourth-order valence-electron chi connectivity index (χ4n) is 1.38. The minimum Gasteiger partial charge on any atom is -0.322 e. The number of carbonyl (C=O) groups is 1. The summed E-state index contributed by atoms with van der Waals surface area (Å²) in [6.07, 6.45) is 0. The van der Waals surface area contributed by atoms with Gasteiger partial charge in [-0.15, -0.1) is 0 Å². The van der Waals surface area contributed by atoms with Gasteiger partial charge in [-0.25, -0.2) is 0 Å². The number of benzene rings is 2. The van der Waals surface area contributed by atoms with Gasteiger partial charge in [-0.05, 0) is 61.4 Å². The molecular weight excluding hydrogens is 298 g/mol. The smallest absolute Gasteiger partial charge is 0.255 e. The van der Waals surface area contributed by atoms with Crippen LogP contribution in [-0.4, -0.2) is 5.91 Å². The van der Waals surface area contributed by atoms with E-state index < -0.39 is 0 Å². The van der Waals surface area contributed by atoms with Crippen molar-refractivity contribution in [1.82, 2.24) is 0 Å². The molecule has 0 radical (unpaired) electrons. The molecule has 0 saturated heterocycles. The van der Waals surface area contributed by atoms with Crippen molar-refractivity contribution in [3.05, 3.63) is 60.2 Å². The van der Waals surface area contributed by atoms with E-state index in [0.717, 1.165) is 10.6 Å². The van der Waals surface area contributed by atoms with Crippen molar-refractivity contribution in [3.8, 4) is 0 Å². The zero-order chi connectivity index (χ0) is 12.1. The highest BCUT2D eigenvalue weighted by Gasteiger charge is 2.04. The molecule has 0 atom stereocenters. The van der Waals surface area contributed by atoms with Crippen molar-refractivity contribution >= 4 is 36.6 Å². The Kier molecular flexibility index (Phi) is 4.23. The van der Waals surface area contributed by atoms with E-state index in [2.05, 4.69) is 20.1 Å². The highest BCUT2D eigenvalue weighted by Crippen LogP contribution is 2.25. The summed E-state index contributed by atoms with van der Waals surface area (Å²) < 4.78 is 0. The van der Waals surface area contributed by atoms with Gasteiger partial charge in [0.05, 0.1) is 0 Å². The summed E-state index contributed by atoms with van der Waals surface area (Å²) in [5.74, 6) is -0.0927. The van der Waals surface area contributed by atoms with Crippen molar-refractivity contribution in [1.29, 1.82) is 0 Å². The van der Waals surface area contributed by atoms with Crippen LogP contribution in [0.2, 0.25) is 0 Å². The van der Waals surface area contributed by atoms with Gasteiger partial charge >= 0.3 is 0 Å². The van der Waals surface area contributed by atoms with Crippen LogP contribution in [0.25, 0.3) is 0 Å². The maximum atomic E-state index is 11.8. The molecule has 0 fully saturated rings. The van der Waals surface area contributed by atoms with E-state index >= 15 is 0 Å². The number of halogens is 1. The van der Waals surface area contributed by atoms with Crippen LogP contribution in [0.3, 0.4) is 0 Å². The molecule has 0 unspecified atom stereocenters. The molecular formula is C13H10BrNOS. The second kappa shape index (κ2) is 5.89. The van der Waals surface area contributed by atoms with Crippen LogP contribution in [0.5, 0.6) is 0 Å². The van der Waals surface area contributed by atoms with Gasteiger partial charge in [0.15, 0.2) is 0 Å². The molecule has 0 saturated carbocycles. The molecule has 0 aliphatic carbocycles. The molecule has 2 aromatic rings. The third-order valence-electron chi connectivity index (χ3n) is 2.24. The number of anilines is 1. The van der Waals surface area contributed by atoms with E-state index in [0.29, 0.717) is 5.56 Å². The zero-order valence-corrected chi connectivity index (χ0v) is 11.3. The lowest BCUT2D eigenvalue weighted by atomic mass is 10.2. The van der Waals surface area contributed by atoms with Gasteiger partial charge in [-0.2, -0.15) is 0 Å². The number of rotatable bonds is 3. The average Bonchev–Trinajstić information content (AvgIpc) is 2.40. The third-order valence-corrected chi connectivity index (χ3v) is 3.81. The van der Waals surface area contributed by atoms with Crippen molar-refractivity contribution in [2.45, 2.75) is 4.90 Å². The second-order valence-electron chi connectivity index (χ2n) is 3.42. The molecule has 86 valence electrons. The normalized spacial score (nSPS) is 9.94. The van der Waals surface area contributed by atoms with E-state index in [4.69, 9.17) is 0 Å². The van der Waals surface area contributed by atoms with Crippen LogP contribution >= 0.6 is 25.0 Å². The first-order valence-electron chi connectivity index (χ1n) is 5.04. The Morgan fingerprint density at radius 3 is 2.24 bits per heavy atom. The quantitative estimate of drug-likeness (QED) is 0.914. The third kappa shape index (κ3) is 3.35. The van der Waals surface area contributed by atoms with Crippen LogP contribution in [0.4, 0.5) is 5.69 Å². The predicted molar refractivity (Wildman–Crippen MR) is 75.6 cm³/mol. The van der Waals surface area contributed by atoms with Crippen molar-refractivity contribution in [2.75, 3.05) is 5.32 Å².